The monoisotopic (exact) mass is 339 g/mol. The summed E-state index contributed by atoms with van der Waals surface area (Å²) in [5.41, 5.74) is 3.49. The lowest BCUT2D eigenvalue weighted by Gasteiger charge is -2.26. The highest BCUT2D eigenvalue weighted by molar-refractivity contribution is 6.30. The smallest absolute Gasteiger partial charge is 0.0702 e. The summed E-state index contributed by atoms with van der Waals surface area (Å²) < 4.78 is 0. The molecule has 2 aromatic rings. The molecule has 0 N–H and O–H groups in total. The van der Waals surface area contributed by atoms with Gasteiger partial charge in [0.25, 0.3) is 0 Å². The van der Waals surface area contributed by atoms with Crippen LogP contribution in [0, 0.1) is 11.8 Å². The minimum atomic E-state index is 0.763. The number of hydrogen-bond acceptors (Lipinski definition) is 1. The van der Waals surface area contributed by atoms with E-state index in [1.807, 2.05) is 30.5 Å². The van der Waals surface area contributed by atoms with E-state index in [0.717, 1.165) is 34.5 Å². The molecule has 1 aromatic carbocycles. The third-order valence-electron chi connectivity index (χ3n) is 5.16. The van der Waals surface area contributed by atoms with Crippen LogP contribution < -0.4 is 0 Å². The van der Waals surface area contributed by atoms with Crippen LogP contribution in [0.5, 0.6) is 0 Å². The minimum Gasteiger partial charge on any atom is -0.256 e. The molecule has 1 nitrogen and oxygen atoms in total. The van der Waals surface area contributed by atoms with E-state index in [4.69, 9.17) is 11.6 Å². The van der Waals surface area contributed by atoms with Gasteiger partial charge in [0.05, 0.1) is 5.69 Å². The van der Waals surface area contributed by atoms with Gasteiger partial charge >= 0.3 is 0 Å². The van der Waals surface area contributed by atoms with Crippen LogP contribution in [0.3, 0.4) is 0 Å². The van der Waals surface area contributed by atoms with E-state index in [0.29, 0.717) is 0 Å². The zero-order valence-electron chi connectivity index (χ0n) is 14.4. The number of rotatable bonds is 5. The molecule has 1 heterocycles. The molecular weight excluding hydrogens is 314 g/mol. The van der Waals surface area contributed by atoms with Gasteiger partial charge in [-0.15, -0.1) is 0 Å². The fourth-order valence-corrected chi connectivity index (χ4v) is 3.80. The quantitative estimate of drug-likeness (QED) is 0.551. The van der Waals surface area contributed by atoms with Crippen molar-refractivity contribution in [3.8, 4) is 11.3 Å². The van der Waals surface area contributed by atoms with E-state index < -0.39 is 0 Å². The van der Waals surface area contributed by atoms with Crippen molar-refractivity contribution in [2.75, 3.05) is 0 Å². The first kappa shape index (κ1) is 17.2. The maximum Gasteiger partial charge on any atom is 0.0702 e. The highest BCUT2D eigenvalue weighted by Gasteiger charge is 2.19. The van der Waals surface area contributed by atoms with E-state index in [9.17, 15) is 0 Å². The number of aromatic nitrogens is 1. The highest BCUT2D eigenvalue weighted by Crippen LogP contribution is 2.32. The van der Waals surface area contributed by atoms with Crippen molar-refractivity contribution in [3.63, 3.8) is 0 Å². The average molecular weight is 340 g/mol. The molecule has 1 fully saturated rings. The predicted molar refractivity (Wildman–Crippen MR) is 103 cm³/mol. The van der Waals surface area contributed by atoms with Gasteiger partial charge < -0.3 is 0 Å². The molecule has 0 spiro atoms. The second-order valence-electron chi connectivity index (χ2n) is 6.90. The highest BCUT2D eigenvalue weighted by atomic mass is 35.5. The Balaban J connectivity index is 1.51. The lowest BCUT2D eigenvalue weighted by atomic mass is 9.79. The van der Waals surface area contributed by atoms with E-state index in [1.165, 1.54) is 37.7 Å². The Hall–Kier alpha value is -1.60. The minimum absolute atomic E-state index is 0.763. The molecular formula is C22H26ClN. The maximum absolute atomic E-state index is 5.94. The lowest BCUT2D eigenvalue weighted by molar-refractivity contribution is 0.296. The Morgan fingerprint density at radius 1 is 1.04 bits per heavy atom. The van der Waals surface area contributed by atoms with Gasteiger partial charge in [-0.2, -0.15) is 0 Å². The van der Waals surface area contributed by atoms with Crippen LogP contribution >= 0.6 is 11.6 Å². The molecule has 24 heavy (non-hydrogen) atoms. The molecule has 2 heteroatoms. The van der Waals surface area contributed by atoms with Crippen LogP contribution in [-0.2, 0) is 6.42 Å². The first-order valence-corrected chi connectivity index (χ1v) is 9.46. The zero-order valence-corrected chi connectivity index (χ0v) is 15.2. The van der Waals surface area contributed by atoms with Crippen LogP contribution in [-0.4, -0.2) is 4.98 Å². The van der Waals surface area contributed by atoms with Gasteiger partial charge in [-0.05, 0) is 81.0 Å². The third kappa shape index (κ3) is 4.70. The first-order valence-electron chi connectivity index (χ1n) is 9.08. The topological polar surface area (TPSA) is 12.9 Å². The summed E-state index contributed by atoms with van der Waals surface area (Å²) in [6.45, 7) is 2.13. The van der Waals surface area contributed by atoms with Gasteiger partial charge in [-0.1, -0.05) is 42.0 Å². The van der Waals surface area contributed by atoms with Crippen molar-refractivity contribution in [1.82, 2.24) is 4.98 Å². The number of benzene rings is 1. The van der Waals surface area contributed by atoms with Gasteiger partial charge in [0.2, 0.25) is 0 Å². The first-order chi connectivity index (χ1) is 11.7. The molecule has 0 saturated heterocycles. The summed E-state index contributed by atoms with van der Waals surface area (Å²) in [6, 6.07) is 12.2. The Morgan fingerprint density at radius 2 is 1.79 bits per heavy atom. The number of allylic oxidation sites excluding steroid dienone is 2. The van der Waals surface area contributed by atoms with Crippen molar-refractivity contribution >= 4 is 11.6 Å². The van der Waals surface area contributed by atoms with Crippen LogP contribution in [0.15, 0.2) is 54.7 Å². The van der Waals surface area contributed by atoms with Crippen LogP contribution in [0.1, 0.15) is 44.6 Å². The largest absolute Gasteiger partial charge is 0.256 e. The van der Waals surface area contributed by atoms with E-state index in [-0.39, 0.29) is 0 Å². The molecule has 0 amide bonds. The second kappa shape index (κ2) is 8.48. The number of halogens is 1. The normalized spacial score (nSPS) is 21.2. The summed E-state index contributed by atoms with van der Waals surface area (Å²) in [7, 11) is 0. The molecule has 126 valence electrons. The Bertz CT molecular complexity index is 649. The molecule has 0 atom stereocenters. The summed E-state index contributed by atoms with van der Waals surface area (Å²) in [5.74, 6) is 1.72. The van der Waals surface area contributed by atoms with Crippen molar-refractivity contribution in [1.29, 1.82) is 0 Å². The lowest BCUT2D eigenvalue weighted by Crippen LogP contribution is -2.13. The number of hydrogen-bond donors (Lipinski definition) is 0. The third-order valence-corrected chi connectivity index (χ3v) is 5.41. The molecule has 0 unspecified atom stereocenters. The molecule has 1 saturated carbocycles. The molecule has 1 aliphatic rings. The van der Waals surface area contributed by atoms with Gasteiger partial charge in [0.1, 0.15) is 0 Å². The number of nitrogens with zero attached hydrogens (tertiary/aromatic N) is 1. The molecule has 3 rings (SSSR count). The van der Waals surface area contributed by atoms with E-state index in [2.05, 4.69) is 36.2 Å². The summed E-state index contributed by atoms with van der Waals surface area (Å²) in [5, 5.41) is 0.763. The predicted octanol–water partition coefficient (Wildman–Crippen LogP) is 6.72. The van der Waals surface area contributed by atoms with Crippen molar-refractivity contribution < 1.29 is 0 Å². The fraction of sp³-hybridized carbons (Fsp3) is 0.409. The molecule has 1 aromatic heterocycles. The molecule has 0 bridgehead atoms. The van der Waals surface area contributed by atoms with E-state index >= 15 is 0 Å². The zero-order chi connectivity index (χ0) is 16.8. The van der Waals surface area contributed by atoms with Crippen molar-refractivity contribution in [2.45, 2.75) is 45.4 Å². The molecule has 0 aliphatic heterocycles. The Morgan fingerprint density at radius 3 is 2.42 bits per heavy atom. The Labute approximate surface area is 150 Å². The SMILES string of the molecule is CC=CC1CCC(CCc2ccc(-c3ccc(Cl)cc3)nc2)CC1. The van der Waals surface area contributed by atoms with Crippen molar-refractivity contribution in [2.24, 2.45) is 11.8 Å². The standard InChI is InChI=1S/C22H26ClN/c1-2-3-17-4-6-18(7-5-17)8-9-19-10-15-22(24-16-19)20-11-13-21(23)14-12-20/h2-3,10-18H,4-9H2,1H3. The van der Waals surface area contributed by atoms with Crippen molar-refractivity contribution in [3.05, 3.63) is 65.3 Å². The van der Waals surface area contributed by atoms with Gasteiger partial charge in [0, 0.05) is 16.8 Å². The van der Waals surface area contributed by atoms with Gasteiger partial charge in [-0.25, -0.2) is 0 Å². The summed E-state index contributed by atoms with van der Waals surface area (Å²) >= 11 is 5.94. The Kier molecular flexibility index (Phi) is 6.09. The number of aryl methyl sites for hydroxylation is 1. The fourth-order valence-electron chi connectivity index (χ4n) is 3.68. The van der Waals surface area contributed by atoms with Gasteiger partial charge in [-0.3, -0.25) is 4.98 Å². The van der Waals surface area contributed by atoms with Crippen LogP contribution in [0.2, 0.25) is 5.02 Å². The van der Waals surface area contributed by atoms with Gasteiger partial charge in [0.15, 0.2) is 0 Å². The summed E-state index contributed by atoms with van der Waals surface area (Å²) in [4.78, 5) is 4.63. The van der Waals surface area contributed by atoms with Crippen LogP contribution in [0.25, 0.3) is 11.3 Å². The average Bonchev–Trinajstić information content (AvgIpc) is 2.63. The maximum atomic E-state index is 5.94. The summed E-state index contributed by atoms with van der Waals surface area (Å²) in [6.07, 6.45) is 14.6. The second-order valence-corrected chi connectivity index (χ2v) is 7.34. The van der Waals surface area contributed by atoms with Crippen LogP contribution in [0.4, 0.5) is 0 Å². The number of pyridine rings is 1. The molecule has 1 aliphatic carbocycles. The van der Waals surface area contributed by atoms with E-state index in [1.54, 1.807) is 0 Å². The molecule has 0 radical (unpaired) electrons.